The number of piperidine rings is 1. The number of para-hydroxylation sites is 1. The van der Waals surface area contributed by atoms with Crippen LogP contribution in [-0.4, -0.2) is 37.7 Å². The smallest absolute Gasteiger partial charge is 0.213 e. The van der Waals surface area contributed by atoms with Crippen molar-refractivity contribution in [2.24, 2.45) is 16.8 Å². The Kier molecular flexibility index (Phi) is 5.18. The van der Waals surface area contributed by atoms with Crippen molar-refractivity contribution >= 4 is 11.6 Å². The van der Waals surface area contributed by atoms with Gasteiger partial charge in [-0.3, -0.25) is 5.43 Å². The van der Waals surface area contributed by atoms with Crippen LogP contribution < -0.4 is 11.3 Å². The predicted molar refractivity (Wildman–Crippen MR) is 77.0 cm³/mol. The summed E-state index contributed by atoms with van der Waals surface area (Å²) in [5, 5.41) is 0. The Labute approximate surface area is 114 Å². The molecule has 2 rings (SSSR count). The zero-order valence-electron chi connectivity index (χ0n) is 11.4. The molecule has 0 bridgehead atoms. The first-order valence-electron chi connectivity index (χ1n) is 6.67. The number of nitrogens with zero attached hydrogens (tertiary/aromatic N) is 2. The van der Waals surface area contributed by atoms with Gasteiger partial charge in [0, 0.05) is 26.8 Å². The van der Waals surface area contributed by atoms with Crippen molar-refractivity contribution in [1.82, 2.24) is 10.3 Å². The first kappa shape index (κ1) is 13.8. The van der Waals surface area contributed by atoms with Crippen LogP contribution in [0.2, 0.25) is 0 Å². The molecule has 1 saturated heterocycles. The summed E-state index contributed by atoms with van der Waals surface area (Å²) in [6.45, 7) is 2.77. The van der Waals surface area contributed by atoms with Gasteiger partial charge in [-0.2, -0.15) is 0 Å². The summed E-state index contributed by atoms with van der Waals surface area (Å²) < 4.78 is 5.21. The van der Waals surface area contributed by atoms with Crippen LogP contribution in [0, 0.1) is 5.92 Å². The number of nitrogens with two attached hydrogens (primary N) is 1. The van der Waals surface area contributed by atoms with E-state index in [-0.39, 0.29) is 0 Å². The van der Waals surface area contributed by atoms with E-state index in [1.54, 1.807) is 7.11 Å². The van der Waals surface area contributed by atoms with Gasteiger partial charge in [0.1, 0.15) is 0 Å². The molecule has 0 aliphatic carbocycles. The zero-order chi connectivity index (χ0) is 13.5. The molecule has 1 aromatic carbocycles. The number of hydrazine groups is 1. The van der Waals surface area contributed by atoms with Crippen LogP contribution in [0.3, 0.4) is 0 Å². The molecule has 5 heteroatoms. The maximum atomic E-state index is 5.60. The third-order valence-electron chi connectivity index (χ3n) is 3.44. The molecule has 0 aromatic heterocycles. The van der Waals surface area contributed by atoms with Crippen LogP contribution in [0.4, 0.5) is 5.69 Å². The number of likely N-dealkylation sites (tertiary alicyclic amines) is 1. The van der Waals surface area contributed by atoms with Crippen molar-refractivity contribution in [2.45, 2.75) is 12.8 Å². The number of nitrogens with one attached hydrogen (secondary N) is 1. The maximum absolute atomic E-state index is 5.60. The molecule has 3 N–H and O–H groups in total. The third kappa shape index (κ3) is 3.94. The fraction of sp³-hybridized carbons (Fsp3) is 0.500. The number of ether oxygens (including phenoxy) is 1. The molecule has 1 aliphatic rings. The highest BCUT2D eigenvalue weighted by molar-refractivity contribution is 5.82. The molecule has 5 nitrogen and oxygen atoms in total. The molecule has 0 spiro atoms. The van der Waals surface area contributed by atoms with Gasteiger partial charge in [-0.1, -0.05) is 18.2 Å². The predicted octanol–water partition coefficient (Wildman–Crippen LogP) is 1.50. The van der Waals surface area contributed by atoms with Crippen molar-refractivity contribution < 1.29 is 4.74 Å². The molecule has 1 aliphatic heterocycles. The van der Waals surface area contributed by atoms with Crippen molar-refractivity contribution in [3.05, 3.63) is 30.3 Å². The Morgan fingerprint density at radius 3 is 2.63 bits per heavy atom. The summed E-state index contributed by atoms with van der Waals surface area (Å²) >= 11 is 0. The SMILES string of the molecule is COCC1CCN(C(=Nc2ccccc2)NN)CC1. The fourth-order valence-corrected chi connectivity index (χ4v) is 2.37. The number of benzene rings is 1. The Morgan fingerprint density at radius 1 is 1.37 bits per heavy atom. The second-order valence-electron chi connectivity index (χ2n) is 4.80. The van der Waals surface area contributed by atoms with E-state index in [4.69, 9.17) is 10.6 Å². The van der Waals surface area contributed by atoms with E-state index >= 15 is 0 Å². The molecule has 0 radical (unpaired) electrons. The highest BCUT2D eigenvalue weighted by atomic mass is 16.5. The quantitative estimate of drug-likeness (QED) is 0.375. The van der Waals surface area contributed by atoms with Crippen molar-refractivity contribution in [2.75, 3.05) is 26.8 Å². The van der Waals surface area contributed by atoms with E-state index in [0.717, 1.165) is 44.2 Å². The number of hydrogen-bond donors (Lipinski definition) is 2. The minimum absolute atomic E-state index is 0.650. The first-order valence-corrected chi connectivity index (χ1v) is 6.67. The summed E-state index contributed by atoms with van der Waals surface area (Å²) in [6, 6.07) is 9.85. The topological polar surface area (TPSA) is 62.9 Å². The van der Waals surface area contributed by atoms with Gasteiger partial charge >= 0.3 is 0 Å². The summed E-state index contributed by atoms with van der Waals surface area (Å²) in [5.41, 5.74) is 3.62. The number of hydrogen-bond acceptors (Lipinski definition) is 3. The van der Waals surface area contributed by atoms with E-state index in [1.165, 1.54) is 0 Å². The Bertz CT molecular complexity index is 399. The number of rotatable bonds is 3. The van der Waals surface area contributed by atoms with Gasteiger partial charge in [-0.15, -0.1) is 0 Å². The minimum Gasteiger partial charge on any atom is -0.384 e. The lowest BCUT2D eigenvalue weighted by molar-refractivity contribution is 0.118. The largest absolute Gasteiger partial charge is 0.384 e. The molecule has 1 heterocycles. The highest BCUT2D eigenvalue weighted by Gasteiger charge is 2.21. The average molecular weight is 262 g/mol. The molecule has 1 aromatic rings. The van der Waals surface area contributed by atoms with E-state index < -0.39 is 0 Å². The first-order chi connectivity index (χ1) is 9.33. The number of guanidine groups is 1. The van der Waals surface area contributed by atoms with Gasteiger partial charge in [0.15, 0.2) is 0 Å². The van der Waals surface area contributed by atoms with Crippen LogP contribution in [0.5, 0.6) is 0 Å². The van der Waals surface area contributed by atoms with E-state index in [0.29, 0.717) is 5.92 Å². The van der Waals surface area contributed by atoms with E-state index in [2.05, 4.69) is 15.3 Å². The normalized spacial score (nSPS) is 17.6. The lowest BCUT2D eigenvalue weighted by Gasteiger charge is -2.33. The summed E-state index contributed by atoms with van der Waals surface area (Å²) in [6.07, 6.45) is 2.23. The average Bonchev–Trinajstić information content (AvgIpc) is 2.47. The van der Waals surface area contributed by atoms with Gasteiger partial charge in [-0.05, 0) is 30.9 Å². The van der Waals surface area contributed by atoms with Gasteiger partial charge in [-0.25, -0.2) is 10.8 Å². The Morgan fingerprint density at radius 2 is 2.05 bits per heavy atom. The second kappa shape index (κ2) is 7.11. The van der Waals surface area contributed by atoms with Crippen LogP contribution in [0.1, 0.15) is 12.8 Å². The molecular weight excluding hydrogens is 240 g/mol. The summed E-state index contributed by atoms with van der Waals surface area (Å²) in [7, 11) is 1.76. The van der Waals surface area contributed by atoms with Crippen LogP contribution in [0.25, 0.3) is 0 Å². The van der Waals surface area contributed by atoms with Crippen molar-refractivity contribution in [3.8, 4) is 0 Å². The lowest BCUT2D eigenvalue weighted by atomic mass is 9.98. The number of methoxy groups -OCH3 is 1. The summed E-state index contributed by atoms with van der Waals surface area (Å²) in [4.78, 5) is 6.74. The molecule has 0 atom stereocenters. The molecule has 0 saturated carbocycles. The summed E-state index contributed by atoms with van der Waals surface area (Å²) in [5.74, 6) is 6.99. The van der Waals surface area contributed by atoms with Crippen LogP contribution >= 0.6 is 0 Å². The highest BCUT2D eigenvalue weighted by Crippen LogP contribution is 2.18. The fourth-order valence-electron chi connectivity index (χ4n) is 2.37. The van der Waals surface area contributed by atoms with Gasteiger partial charge in [0.25, 0.3) is 0 Å². The molecule has 19 heavy (non-hydrogen) atoms. The van der Waals surface area contributed by atoms with E-state index in [1.807, 2.05) is 30.3 Å². The van der Waals surface area contributed by atoms with Crippen LogP contribution in [-0.2, 0) is 4.74 Å². The minimum atomic E-state index is 0.650. The van der Waals surface area contributed by atoms with Gasteiger partial charge in [0.2, 0.25) is 5.96 Å². The van der Waals surface area contributed by atoms with Gasteiger partial charge in [0.05, 0.1) is 5.69 Å². The standard InChI is InChI=1S/C14H22N4O/c1-19-11-12-7-9-18(10-8-12)14(17-15)16-13-5-3-2-4-6-13/h2-6,12H,7-11,15H2,1H3,(H,16,17). The molecule has 0 amide bonds. The van der Waals surface area contributed by atoms with Crippen molar-refractivity contribution in [1.29, 1.82) is 0 Å². The Hall–Kier alpha value is -1.59. The van der Waals surface area contributed by atoms with Crippen molar-refractivity contribution in [3.63, 3.8) is 0 Å². The zero-order valence-corrected chi connectivity index (χ0v) is 11.4. The lowest BCUT2D eigenvalue weighted by Crippen LogP contribution is -2.48. The molecule has 104 valence electrons. The third-order valence-corrected chi connectivity index (χ3v) is 3.44. The monoisotopic (exact) mass is 262 g/mol. The number of aliphatic imine (C=N–C) groups is 1. The second-order valence-corrected chi connectivity index (χ2v) is 4.80. The Balaban J connectivity index is 1.98. The molecule has 0 unspecified atom stereocenters. The van der Waals surface area contributed by atoms with Gasteiger partial charge < -0.3 is 9.64 Å². The molecule has 1 fully saturated rings. The van der Waals surface area contributed by atoms with E-state index in [9.17, 15) is 0 Å². The van der Waals surface area contributed by atoms with Crippen LogP contribution in [0.15, 0.2) is 35.3 Å². The maximum Gasteiger partial charge on any atom is 0.213 e. The molecular formula is C14H22N4O.